The summed E-state index contributed by atoms with van der Waals surface area (Å²) in [6.45, 7) is 3.76. The first kappa shape index (κ1) is 32.7. The van der Waals surface area contributed by atoms with Crippen LogP contribution in [0.5, 0.6) is 17.2 Å². The summed E-state index contributed by atoms with van der Waals surface area (Å²) in [5.74, 6) is 0.105. The molecule has 4 aromatic carbocycles. The number of benzene rings is 4. The molecule has 0 spiro atoms. The minimum atomic E-state index is -0.566. The van der Waals surface area contributed by atoms with Crippen molar-refractivity contribution >= 4 is 46.9 Å². The number of carbonyl (C=O) groups excluding carboxylic acids is 3. The van der Waals surface area contributed by atoms with E-state index in [9.17, 15) is 14.4 Å². The van der Waals surface area contributed by atoms with E-state index in [4.69, 9.17) is 14.2 Å². The van der Waals surface area contributed by atoms with Crippen LogP contribution in [0.1, 0.15) is 28.4 Å². The Kier molecular flexibility index (Phi) is 11.3. The maximum absolute atomic E-state index is 13.7. The van der Waals surface area contributed by atoms with Gasteiger partial charge in [-0.05, 0) is 68.0 Å². The lowest BCUT2D eigenvalue weighted by molar-refractivity contribution is -0.115. The number of nitrogens with one attached hydrogen (secondary N) is 3. The average Bonchev–Trinajstić information content (AvgIpc) is 3.05. The van der Waals surface area contributed by atoms with Gasteiger partial charge in [0.25, 0.3) is 11.8 Å². The van der Waals surface area contributed by atoms with Gasteiger partial charge in [0.1, 0.15) is 11.4 Å². The number of amides is 3. The van der Waals surface area contributed by atoms with Gasteiger partial charge in [0, 0.05) is 33.5 Å². The second-order valence-electron chi connectivity index (χ2n) is 9.87. The van der Waals surface area contributed by atoms with E-state index in [2.05, 4.69) is 16.0 Å². The molecule has 0 aliphatic carbocycles. The fraction of sp³-hybridized carbons (Fsp3) is 0.171. The molecule has 10 heteroatoms. The largest absolute Gasteiger partial charge is 0.496 e. The summed E-state index contributed by atoms with van der Waals surface area (Å²) in [6, 6.07) is 26.6. The minimum absolute atomic E-state index is 0.0293. The molecule has 3 N–H and O–H groups in total. The van der Waals surface area contributed by atoms with Gasteiger partial charge in [-0.1, -0.05) is 42.5 Å². The number of hydrogen-bond donors (Lipinski definition) is 3. The average molecular weight is 626 g/mol. The predicted molar refractivity (Wildman–Crippen MR) is 178 cm³/mol. The molecule has 3 amide bonds. The van der Waals surface area contributed by atoms with Gasteiger partial charge in [0.2, 0.25) is 5.91 Å². The molecule has 4 rings (SSSR count). The first-order chi connectivity index (χ1) is 21.7. The van der Waals surface area contributed by atoms with Crippen LogP contribution in [-0.4, -0.2) is 44.3 Å². The number of ether oxygens (including phenoxy) is 3. The Bertz CT molecular complexity index is 1710. The molecule has 9 nitrogen and oxygen atoms in total. The molecule has 0 heterocycles. The summed E-state index contributed by atoms with van der Waals surface area (Å²) in [5.41, 5.74) is 3.05. The van der Waals surface area contributed by atoms with E-state index in [1.54, 1.807) is 60.7 Å². The summed E-state index contributed by atoms with van der Waals surface area (Å²) in [6.07, 6.45) is 1.51. The number of rotatable bonds is 12. The molecule has 0 aromatic heterocycles. The van der Waals surface area contributed by atoms with E-state index in [-0.39, 0.29) is 11.6 Å². The molecule has 1 atom stereocenters. The quantitative estimate of drug-likeness (QED) is 0.121. The zero-order valence-electron chi connectivity index (χ0n) is 25.7. The molecular formula is C35H35N3O6S. The molecule has 0 bridgehead atoms. The monoisotopic (exact) mass is 625 g/mol. The van der Waals surface area contributed by atoms with Crippen LogP contribution in [0, 0.1) is 6.92 Å². The zero-order valence-corrected chi connectivity index (χ0v) is 26.5. The molecule has 232 valence electrons. The van der Waals surface area contributed by atoms with Crippen molar-refractivity contribution in [2.45, 2.75) is 24.0 Å². The van der Waals surface area contributed by atoms with Crippen molar-refractivity contribution < 1.29 is 28.6 Å². The number of aryl methyl sites for hydroxylation is 1. The Balaban J connectivity index is 1.58. The molecular weight excluding hydrogens is 590 g/mol. The van der Waals surface area contributed by atoms with E-state index in [1.165, 1.54) is 39.2 Å². The molecule has 1 unspecified atom stereocenters. The van der Waals surface area contributed by atoms with Gasteiger partial charge < -0.3 is 30.2 Å². The molecule has 0 saturated heterocycles. The first-order valence-electron chi connectivity index (χ1n) is 14.0. The summed E-state index contributed by atoms with van der Waals surface area (Å²) in [4.78, 5) is 40.5. The zero-order chi connectivity index (χ0) is 32.3. The van der Waals surface area contributed by atoms with E-state index in [1.807, 2.05) is 44.2 Å². The van der Waals surface area contributed by atoms with Crippen LogP contribution < -0.4 is 30.2 Å². The maximum Gasteiger partial charge on any atom is 0.272 e. The lowest BCUT2D eigenvalue weighted by Crippen LogP contribution is -2.30. The SMILES string of the molecule is COc1cc(OC)c(OC)cc1/C=C(/NC(=O)c1ccccc1)C(=O)Nc1cccc(SC(C)C(=O)Nc2ccccc2C)c1. The van der Waals surface area contributed by atoms with Crippen LogP contribution in [0.4, 0.5) is 11.4 Å². The lowest BCUT2D eigenvalue weighted by Gasteiger charge is -2.16. The molecule has 4 aromatic rings. The summed E-state index contributed by atoms with van der Waals surface area (Å²) >= 11 is 1.36. The van der Waals surface area contributed by atoms with Crippen molar-refractivity contribution in [2.24, 2.45) is 0 Å². The highest BCUT2D eigenvalue weighted by Gasteiger charge is 2.19. The highest BCUT2D eigenvalue weighted by atomic mass is 32.2. The Morgan fingerprint density at radius 1 is 0.756 bits per heavy atom. The van der Waals surface area contributed by atoms with Crippen molar-refractivity contribution in [3.63, 3.8) is 0 Å². The van der Waals surface area contributed by atoms with Crippen molar-refractivity contribution in [1.29, 1.82) is 0 Å². The normalized spacial score (nSPS) is 11.6. The van der Waals surface area contributed by atoms with E-state index in [0.717, 1.165) is 16.1 Å². The van der Waals surface area contributed by atoms with Crippen molar-refractivity contribution in [1.82, 2.24) is 5.32 Å². The van der Waals surface area contributed by atoms with Gasteiger partial charge in [0.15, 0.2) is 11.5 Å². The molecule has 45 heavy (non-hydrogen) atoms. The number of thioether (sulfide) groups is 1. The van der Waals surface area contributed by atoms with Crippen LogP contribution in [0.15, 0.2) is 102 Å². The van der Waals surface area contributed by atoms with Crippen molar-refractivity contribution in [3.8, 4) is 17.2 Å². The molecule has 0 radical (unpaired) electrons. The summed E-state index contributed by atoms with van der Waals surface area (Å²) < 4.78 is 16.3. The van der Waals surface area contributed by atoms with Gasteiger partial charge >= 0.3 is 0 Å². The Labute approximate surface area is 267 Å². The number of anilines is 2. The van der Waals surface area contributed by atoms with Gasteiger partial charge in [-0.3, -0.25) is 14.4 Å². The summed E-state index contributed by atoms with van der Waals surface area (Å²) in [5, 5.41) is 8.16. The van der Waals surface area contributed by atoms with Gasteiger partial charge in [-0.25, -0.2) is 0 Å². The van der Waals surface area contributed by atoms with Crippen LogP contribution in [-0.2, 0) is 9.59 Å². The molecule has 0 fully saturated rings. The number of para-hydroxylation sites is 1. The van der Waals surface area contributed by atoms with Gasteiger partial charge in [-0.2, -0.15) is 0 Å². The lowest BCUT2D eigenvalue weighted by atomic mass is 10.1. The van der Waals surface area contributed by atoms with Crippen molar-refractivity contribution in [3.05, 3.63) is 113 Å². The van der Waals surface area contributed by atoms with Crippen LogP contribution in [0.25, 0.3) is 6.08 Å². The predicted octanol–water partition coefficient (Wildman–Crippen LogP) is 6.55. The smallest absolute Gasteiger partial charge is 0.272 e. The highest BCUT2D eigenvalue weighted by Crippen LogP contribution is 2.36. The van der Waals surface area contributed by atoms with Crippen LogP contribution in [0.2, 0.25) is 0 Å². The molecule has 0 aliphatic heterocycles. The third-order valence-electron chi connectivity index (χ3n) is 6.74. The number of hydrogen-bond acceptors (Lipinski definition) is 7. The molecule has 0 aliphatic rings. The van der Waals surface area contributed by atoms with E-state index < -0.39 is 17.1 Å². The number of carbonyl (C=O) groups is 3. The van der Waals surface area contributed by atoms with Crippen molar-refractivity contribution in [2.75, 3.05) is 32.0 Å². The third-order valence-corrected chi connectivity index (χ3v) is 7.84. The van der Waals surface area contributed by atoms with E-state index >= 15 is 0 Å². The topological polar surface area (TPSA) is 115 Å². The minimum Gasteiger partial charge on any atom is -0.496 e. The molecule has 0 saturated carbocycles. The van der Waals surface area contributed by atoms with Crippen LogP contribution >= 0.6 is 11.8 Å². The Morgan fingerprint density at radius 3 is 2.11 bits per heavy atom. The maximum atomic E-state index is 13.7. The van der Waals surface area contributed by atoms with Crippen LogP contribution in [0.3, 0.4) is 0 Å². The number of methoxy groups -OCH3 is 3. The second kappa shape index (κ2) is 15.5. The first-order valence-corrected chi connectivity index (χ1v) is 14.9. The fourth-order valence-corrected chi connectivity index (χ4v) is 5.24. The third kappa shape index (κ3) is 8.67. The van der Waals surface area contributed by atoms with Gasteiger partial charge in [-0.15, -0.1) is 11.8 Å². The highest BCUT2D eigenvalue weighted by molar-refractivity contribution is 8.00. The van der Waals surface area contributed by atoms with Gasteiger partial charge in [0.05, 0.1) is 26.6 Å². The second-order valence-corrected chi connectivity index (χ2v) is 11.3. The Hall–Kier alpha value is -5.22. The fourth-order valence-electron chi connectivity index (χ4n) is 4.31. The van der Waals surface area contributed by atoms with E-state index in [0.29, 0.717) is 34.1 Å². The standard InChI is InChI=1S/C35H35N3O6S/c1-22-12-9-10-17-28(22)37-33(39)23(2)45-27-16-11-15-26(20-27)36-35(41)29(38-34(40)24-13-7-6-8-14-24)18-25-19-31(43-4)32(44-5)21-30(25)42-3/h6-21,23H,1-5H3,(H,36,41)(H,37,39)(H,38,40)/b29-18+. The summed E-state index contributed by atoms with van der Waals surface area (Å²) in [7, 11) is 4.50. The Morgan fingerprint density at radius 2 is 1.42 bits per heavy atom.